The Labute approximate surface area is 130 Å². The molecule has 0 aromatic heterocycles. The third kappa shape index (κ3) is 2.67. The van der Waals surface area contributed by atoms with Crippen LogP contribution in [0.1, 0.15) is 0 Å². The van der Waals surface area contributed by atoms with E-state index in [-0.39, 0.29) is 11.4 Å². The number of hydrogen-bond acceptors (Lipinski definition) is 5. The maximum absolute atomic E-state index is 12.8. The number of anilines is 1. The molecule has 2 aromatic carbocycles. The van der Waals surface area contributed by atoms with Crippen molar-refractivity contribution in [1.29, 1.82) is 0 Å². The van der Waals surface area contributed by atoms with Crippen molar-refractivity contribution in [2.75, 3.05) is 24.5 Å². The van der Waals surface area contributed by atoms with Crippen LogP contribution in [0.4, 0.5) is 5.69 Å². The Morgan fingerprint density at radius 2 is 1.77 bits per heavy atom. The average molecular weight is 318 g/mol. The summed E-state index contributed by atoms with van der Waals surface area (Å²) < 4.78 is 31.3. The lowest BCUT2D eigenvalue weighted by Crippen LogP contribution is -2.46. The first-order valence-corrected chi connectivity index (χ1v) is 8.67. The van der Waals surface area contributed by atoms with Crippen molar-refractivity contribution >= 4 is 15.5 Å². The fourth-order valence-electron chi connectivity index (χ4n) is 2.57. The minimum atomic E-state index is -3.56. The number of benzene rings is 2. The smallest absolute Gasteiger partial charge is 0.220 e. The van der Waals surface area contributed by atoms with Gasteiger partial charge in [0.1, 0.15) is 5.75 Å². The van der Waals surface area contributed by atoms with Crippen molar-refractivity contribution in [2.24, 2.45) is 5.73 Å². The Morgan fingerprint density at radius 1 is 1.09 bits per heavy atom. The molecule has 1 heterocycles. The summed E-state index contributed by atoms with van der Waals surface area (Å²) in [5, 5.41) is 0. The predicted molar refractivity (Wildman–Crippen MR) is 85.8 cm³/mol. The number of sulfone groups is 1. The molecule has 0 bridgehead atoms. The van der Waals surface area contributed by atoms with Gasteiger partial charge in [-0.15, -0.1) is 0 Å². The third-order valence-electron chi connectivity index (χ3n) is 3.65. The molecule has 22 heavy (non-hydrogen) atoms. The zero-order valence-electron chi connectivity index (χ0n) is 12.1. The second-order valence-corrected chi connectivity index (χ2v) is 7.20. The molecule has 0 saturated heterocycles. The largest absolute Gasteiger partial charge is 0.470 e. The standard InChI is InChI=1S/C16H18N2O3S/c17-10-11-18-12-16(21-15-9-5-4-8-14(15)18)22(19,20)13-6-2-1-3-7-13/h1-9,16H,10-12,17H2. The van der Waals surface area contributed by atoms with Crippen LogP contribution in [0.3, 0.4) is 0 Å². The highest BCUT2D eigenvalue weighted by atomic mass is 32.2. The Balaban J connectivity index is 1.97. The van der Waals surface area contributed by atoms with Crippen molar-refractivity contribution in [2.45, 2.75) is 10.3 Å². The van der Waals surface area contributed by atoms with Crippen molar-refractivity contribution < 1.29 is 13.2 Å². The van der Waals surface area contributed by atoms with E-state index < -0.39 is 15.3 Å². The molecule has 116 valence electrons. The Hall–Kier alpha value is -2.05. The van der Waals surface area contributed by atoms with Crippen molar-refractivity contribution in [3.63, 3.8) is 0 Å². The van der Waals surface area contributed by atoms with Gasteiger partial charge in [-0.2, -0.15) is 0 Å². The van der Waals surface area contributed by atoms with Gasteiger partial charge in [-0.3, -0.25) is 0 Å². The normalized spacial score (nSPS) is 17.7. The number of hydrogen-bond donors (Lipinski definition) is 1. The number of nitrogens with zero attached hydrogens (tertiary/aromatic N) is 1. The Bertz CT molecular complexity index is 747. The monoisotopic (exact) mass is 318 g/mol. The first kappa shape index (κ1) is 14.9. The molecule has 1 aliphatic rings. The third-order valence-corrected chi connectivity index (χ3v) is 5.52. The molecule has 2 aromatic rings. The highest BCUT2D eigenvalue weighted by Gasteiger charge is 2.35. The summed E-state index contributed by atoms with van der Waals surface area (Å²) >= 11 is 0. The molecule has 3 rings (SSSR count). The zero-order valence-corrected chi connectivity index (χ0v) is 12.9. The summed E-state index contributed by atoms with van der Waals surface area (Å²) in [7, 11) is -3.56. The van der Waals surface area contributed by atoms with E-state index in [0.29, 0.717) is 18.8 Å². The van der Waals surface area contributed by atoms with E-state index in [1.165, 1.54) is 0 Å². The molecule has 6 heteroatoms. The van der Waals surface area contributed by atoms with E-state index in [1.807, 2.05) is 23.1 Å². The zero-order chi connectivity index (χ0) is 15.6. The highest BCUT2D eigenvalue weighted by molar-refractivity contribution is 7.92. The molecule has 0 aliphatic carbocycles. The van der Waals surface area contributed by atoms with Crippen molar-refractivity contribution in [3.8, 4) is 5.75 Å². The number of nitrogens with two attached hydrogens (primary N) is 1. The molecular weight excluding hydrogens is 300 g/mol. The molecule has 1 atom stereocenters. The number of fused-ring (bicyclic) bond motifs is 1. The summed E-state index contributed by atoms with van der Waals surface area (Å²) in [4.78, 5) is 2.23. The molecule has 2 N–H and O–H groups in total. The van der Waals surface area contributed by atoms with Gasteiger partial charge in [0, 0.05) is 13.1 Å². The van der Waals surface area contributed by atoms with E-state index in [1.54, 1.807) is 36.4 Å². The summed E-state index contributed by atoms with van der Waals surface area (Å²) in [6, 6.07) is 15.8. The van der Waals surface area contributed by atoms with Gasteiger partial charge in [-0.05, 0) is 24.3 Å². The van der Waals surface area contributed by atoms with Gasteiger partial charge in [0.2, 0.25) is 15.3 Å². The van der Waals surface area contributed by atoms with Crippen LogP contribution >= 0.6 is 0 Å². The number of para-hydroxylation sites is 2. The van der Waals surface area contributed by atoms with Crippen LogP contribution in [0.2, 0.25) is 0 Å². The van der Waals surface area contributed by atoms with Crippen LogP contribution < -0.4 is 15.4 Å². The quantitative estimate of drug-likeness (QED) is 0.928. The second kappa shape index (κ2) is 5.98. The van der Waals surface area contributed by atoms with Crippen LogP contribution in [-0.4, -0.2) is 33.5 Å². The topological polar surface area (TPSA) is 72.6 Å². The van der Waals surface area contributed by atoms with Crippen LogP contribution in [0.5, 0.6) is 5.75 Å². The van der Waals surface area contributed by atoms with Crippen LogP contribution in [-0.2, 0) is 9.84 Å². The fourth-order valence-corrected chi connectivity index (χ4v) is 4.01. The van der Waals surface area contributed by atoms with Gasteiger partial charge >= 0.3 is 0 Å². The maximum Gasteiger partial charge on any atom is 0.220 e. The van der Waals surface area contributed by atoms with E-state index in [2.05, 4.69) is 0 Å². The van der Waals surface area contributed by atoms with Gasteiger partial charge in [0.15, 0.2) is 0 Å². The van der Waals surface area contributed by atoms with E-state index in [0.717, 1.165) is 5.69 Å². The Morgan fingerprint density at radius 3 is 2.50 bits per heavy atom. The fraction of sp³-hybridized carbons (Fsp3) is 0.250. The summed E-state index contributed by atoms with van der Waals surface area (Å²) in [6.07, 6.45) is 0. The average Bonchev–Trinajstić information content (AvgIpc) is 2.56. The second-order valence-electron chi connectivity index (χ2n) is 5.11. The molecule has 0 fully saturated rings. The molecule has 1 unspecified atom stereocenters. The van der Waals surface area contributed by atoms with Crippen LogP contribution in [0.15, 0.2) is 59.5 Å². The Kier molecular flexibility index (Phi) is 4.04. The summed E-state index contributed by atoms with van der Waals surface area (Å²) in [6.45, 7) is 1.30. The summed E-state index contributed by atoms with van der Waals surface area (Å²) in [5.74, 6) is 0.576. The van der Waals surface area contributed by atoms with Crippen molar-refractivity contribution in [1.82, 2.24) is 0 Å². The lowest BCUT2D eigenvalue weighted by atomic mass is 10.2. The van der Waals surface area contributed by atoms with Gasteiger partial charge in [0.25, 0.3) is 0 Å². The lowest BCUT2D eigenvalue weighted by molar-refractivity contribution is 0.262. The molecule has 0 radical (unpaired) electrons. The molecule has 0 saturated carbocycles. The van der Waals surface area contributed by atoms with Crippen LogP contribution in [0.25, 0.3) is 0 Å². The van der Waals surface area contributed by atoms with Crippen molar-refractivity contribution in [3.05, 3.63) is 54.6 Å². The van der Waals surface area contributed by atoms with Gasteiger partial charge < -0.3 is 15.4 Å². The van der Waals surface area contributed by atoms with Crippen LogP contribution in [0, 0.1) is 0 Å². The SMILES string of the molecule is NCCN1CC(S(=O)(=O)c2ccccc2)Oc2ccccc21. The molecule has 5 nitrogen and oxygen atoms in total. The maximum atomic E-state index is 12.8. The van der Waals surface area contributed by atoms with E-state index in [4.69, 9.17) is 10.5 Å². The molecule has 0 spiro atoms. The van der Waals surface area contributed by atoms with E-state index >= 15 is 0 Å². The van der Waals surface area contributed by atoms with Gasteiger partial charge in [-0.1, -0.05) is 30.3 Å². The lowest BCUT2D eigenvalue weighted by Gasteiger charge is -2.35. The molecular formula is C16H18N2O3S. The predicted octanol–water partition coefficient (Wildman–Crippen LogP) is 1.64. The number of ether oxygens (including phenoxy) is 1. The van der Waals surface area contributed by atoms with E-state index in [9.17, 15) is 8.42 Å². The van der Waals surface area contributed by atoms with Gasteiger partial charge in [-0.25, -0.2) is 8.42 Å². The van der Waals surface area contributed by atoms with Gasteiger partial charge in [0.05, 0.1) is 17.1 Å². The highest BCUT2D eigenvalue weighted by Crippen LogP contribution is 2.35. The minimum absolute atomic E-state index is 0.269. The molecule has 1 aliphatic heterocycles. The number of rotatable bonds is 4. The first-order chi connectivity index (χ1) is 10.6. The first-order valence-electron chi connectivity index (χ1n) is 7.12. The summed E-state index contributed by atoms with van der Waals surface area (Å²) in [5.41, 5.74) is 5.60. The molecule has 0 amide bonds. The minimum Gasteiger partial charge on any atom is -0.470 e.